The average molecular weight is 702 g/mol. The van der Waals surface area contributed by atoms with Gasteiger partial charge in [-0.15, -0.1) is 0 Å². The summed E-state index contributed by atoms with van der Waals surface area (Å²) in [5.41, 5.74) is -4.82. The van der Waals surface area contributed by atoms with Gasteiger partial charge in [-0.3, -0.25) is 24.8 Å². The number of carbonyl (C=O) groups is 1. The number of alkyl halides is 3. The lowest BCUT2D eigenvalue weighted by molar-refractivity contribution is -0.0429. The first-order chi connectivity index (χ1) is 23.4. The van der Waals surface area contributed by atoms with Crippen LogP contribution in [0.1, 0.15) is 57.4 Å². The minimum absolute atomic E-state index is 0.0755. The van der Waals surface area contributed by atoms with Gasteiger partial charge >= 0.3 is 21.6 Å². The van der Waals surface area contributed by atoms with Crippen molar-refractivity contribution in [3.63, 3.8) is 0 Å². The first-order valence-corrected chi connectivity index (χ1v) is 18.0. The third-order valence-electron chi connectivity index (χ3n) is 9.38. The van der Waals surface area contributed by atoms with Crippen LogP contribution in [-0.2, 0) is 16.6 Å². The maximum Gasteiger partial charge on any atom is 0.516 e. The Bertz CT molecular complexity index is 1820. The van der Waals surface area contributed by atoms with Gasteiger partial charge in [0, 0.05) is 25.3 Å². The number of benzene rings is 3. The predicted molar refractivity (Wildman–Crippen MR) is 181 cm³/mol. The van der Waals surface area contributed by atoms with Gasteiger partial charge in [-0.25, -0.2) is 9.18 Å². The molecule has 262 valence electrons. The molecule has 2 aliphatic heterocycles. The van der Waals surface area contributed by atoms with Crippen LogP contribution >= 0.6 is 0 Å². The Morgan fingerprint density at radius 3 is 2.43 bits per heavy atom. The molecule has 6 rings (SSSR count). The maximum absolute atomic E-state index is 15.4. The van der Waals surface area contributed by atoms with Crippen molar-refractivity contribution in [3.8, 4) is 16.9 Å². The zero-order chi connectivity index (χ0) is 34.8. The smallest absolute Gasteiger partial charge is 0.494 e. The number of amides is 2. The molecule has 3 aromatic rings. The van der Waals surface area contributed by atoms with Crippen molar-refractivity contribution in [3.05, 3.63) is 78.1 Å². The van der Waals surface area contributed by atoms with E-state index in [1.165, 1.54) is 41.1 Å². The van der Waals surface area contributed by atoms with Gasteiger partial charge in [-0.05, 0) is 91.8 Å². The first kappa shape index (κ1) is 34.7. The van der Waals surface area contributed by atoms with E-state index in [0.717, 1.165) is 43.4 Å². The van der Waals surface area contributed by atoms with Gasteiger partial charge in [0.25, 0.3) is 0 Å². The summed E-state index contributed by atoms with van der Waals surface area (Å²) < 4.78 is 85.1. The Morgan fingerprint density at radius 2 is 1.71 bits per heavy atom. The summed E-state index contributed by atoms with van der Waals surface area (Å²) in [6.07, 6.45) is 6.19. The second-order valence-electron chi connectivity index (χ2n) is 12.8. The maximum atomic E-state index is 15.4. The van der Waals surface area contributed by atoms with Crippen molar-refractivity contribution in [2.45, 2.75) is 75.5 Å². The average Bonchev–Trinajstić information content (AvgIpc) is 3.31. The lowest BCUT2D eigenvalue weighted by atomic mass is 9.84. The number of carbonyl (C=O) groups excluding carboxylic acids is 1. The van der Waals surface area contributed by atoms with Gasteiger partial charge in [0.15, 0.2) is 0 Å². The van der Waals surface area contributed by atoms with Gasteiger partial charge in [0.05, 0.1) is 18.3 Å². The van der Waals surface area contributed by atoms with Crippen molar-refractivity contribution >= 4 is 33.3 Å². The van der Waals surface area contributed by atoms with E-state index in [0.29, 0.717) is 44.9 Å². The first-order valence-electron chi connectivity index (χ1n) is 16.5. The molecule has 3 fully saturated rings. The molecule has 0 unspecified atom stereocenters. The van der Waals surface area contributed by atoms with Gasteiger partial charge in [-0.1, -0.05) is 43.5 Å². The van der Waals surface area contributed by atoms with E-state index in [2.05, 4.69) is 10.2 Å². The normalized spacial score (nSPS) is 19.7. The monoisotopic (exact) mass is 701 g/mol. The van der Waals surface area contributed by atoms with Crippen LogP contribution in [0.15, 0.2) is 71.7 Å². The van der Waals surface area contributed by atoms with Gasteiger partial charge in [0.2, 0.25) is 0 Å². The molecule has 0 aromatic heterocycles. The Hall–Kier alpha value is -4.17. The zero-order valence-corrected chi connectivity index (χ0v) is 27.9. The highest BCUT2D eigenvalue weighted by atomic mass is 32.2. The summed E-state index contributed by atoms with van der Waals surface area (Å²) in [7, 11) is -5.66. The van der Waals surface area contributed by atoms with E-state index < -0.39 is 32.9 Å². The van der Waals surface area contributed by atoms with Crippen LogP contribution in [0, 0.1) is 5.82 Å². The molecule has 2 heterocycles. The third-order valence-corrected chi connectivity index (χ3v) is 10.5. The quantitative estimate of drug-likeness (QED) is 0.226. The summed E-state index contributed by atoms with van der Waals surface area (Å²) in [5.74, 6) is 0.718. The molecule has 3 aliphatic rings. The van der Waals surface area contributed by atoms with E-state index in [1.54, 1.807) is 11.0 Å². The second kappa shape index (κ2) is 14.0. The summed E-state index contributed by atoms with van der Waals surface area (Å²) >= 11 is 0. The molecular weight excluding hydrogens is 662 g/mol. The van der Waals surface area contributed by atoms with Crippen molar-refractivity contribution < 1.29 is 35.5 Å². The number of likely N-dealkylation sites (tertiary alicyclic amines) is 1. The molecule has 1 spiro atoms. The van der Waals surface area contributed by atoms with E-state index >= 15 is 4.39 Å². The summed E-state index contributed by atoms with van der Waals surface area (Å²) in [6, 6.07) is 16.9. The fourth-order valence-electron chi connectivity index (χ4n) is 7.03. The van der Waals surface area contributed by atoms with Crippen LogP contribution in [-0.4, -0.2) is 62.0 Å². The Morgan fingerprint density at radius 1 is 0.980 bits per heavy atom. The molecule has 14 heteroatoms. The lowest BCUT2D eigenvalue weighted by Gasteiger charge is -2.44. The molecule has 0 bridgehead atoms. The molecule has 2 amide bonds. The topological polar surface area (TPSA) is 103 Å². The molecule has 3 aromatic carbocycles. The number of nitrogens with one attached hydrogen (secondary N) is 2. The Labute approximate surface area is 283 Å². The highest BCUT2D eigenvalue weighted by molar-refractivity contribution is 7.93. The highest BCUT2D eigenvalue weighted by Gasteiger charge is 2.53. The highest BCUT2D eigenvalue weighted by Crippen LogP contribution is 2.41. The molecule has 9 nitrogen and oxygen atoms in total. The molecule has 1 saturated carbocycles. The van der Waals surface area contributed by atoms with Crippen molar-refractivity contribution in [2.24, 2.45) is 4.99 Å². The molecule has 2 N–H and O–H groups in total. The van der Waals surface area contributed by atoms with Crippen LogP contribution in [0.4, 0.5) is 33.7 Å². The molecule has 49 heavy (non-hydrogen) atoms. The predicted octanol–water partition coefficient (Wildman–Crippen LogP) is 7.45. The minimum Gasteiger partial charge on any atom is -0.494 e. The zero-order valence-electron chi connectivity index (χ0n) is 27.1. The summed E-state index contributed by atoms with van der Waals surface area (Å²) in [5, 5.41) is 3.02. The van der Waals surface area contributed by atoms with Crippen LogP contribution in [0.25, 0.3) is 11.1 Å². The number of hydrogen-bond acceptors (Lipinski definition) is 6. The number of urea groups is 1. The molecule has 0 radical (unpaired) electrons. The number of piperidine rings is 1. The van der Waals surface area contributed by atoms with E-state index in [-0.39, 0.29) is 28.5 Å². The van der Waals surface area contributed by atoms with Crippen molar-refractivity contribution in [1.29, 1.82) is 0 Å². The number of amidine groups is 1. The number of halogens is 4. The van der Waals surface area contributed by atoms with Gasteiger partial charge < -0.3 is 4.74 Å². The van der Waals surface area contributed by atoms with Gasteiger partial charge in [-0.2, -0.15) is 21.6 Å². The number of nitrogens with zero attached hydrogens (tertiary/aromatic N) is 3. The standard InChI is InChI=1S/C35H39F4N5O4S/c1-2-48-31-13-6-8-24(18-31)23-43-16-14-34(15-17-43)32(40-28-10-4-3-5-11-28)41-33(45)44(34)30-21-26(19-27(36)22-30)25-9-7-12-29(20-25)42-49(46,47)35(37,38)39/h6-9,12-13,18-22,28,42H,2-5,10-11,14-17,23H2,1H3,(H,40,41,45). The fraction of sp³-hybridized carbons (Fsp3) is 0.429. The van der Waals surface area contributed by atoms with Crippen LogP contribution in [0.5, 0.6) is 5.75 Å². The fourth-order valence-corrected chi connectivity index (χ4v) is 7.58. The molecule has 2 saturated heterocycles. The van der Waals surface area contributed by atoms with Crippen LogP contribution < -0.4 is 19.7 Å². The number of rotatable bonds is 9. The number of hydrogen-bond donors (Lipinski definition) is 2. The minimum atomic E-state index is -5.66. The van der Waals surface area contributed by atoms with E-state index in [1.807, 2.05) is 31.2 Å². The van der Waals surface area contributed by atoms with Crippen molar-refractivity contribution in [2.75, 3.05) is 29.3 Å². The number of anilines is 2. The van der Waals surface area contributed by atoms with E-state index in [9.17, 15) is 26.4 Å². The largest absolute Gasteiger partial charge is 0.516 e. The Kier molecular flexibility index (Phi) is 9.90. The second-order valence-corrected chi connectivity index (χ2v) is 14.4. The van der Waals surface area contributed by atoms with Crippen LogP contribution in [0.3, 0.4) is 0 Å². The van der Waals surface area contributed by atoms with Crippen molar-refractivity contribution in [1.82, 2.24) is 10.2 Å². The van der Waals surface area contributed by atoms with Gasteiger partial charge in [0.1, 0.15) is 22.9 Å². The van der Waals surface area contributed by atoms with Crippen LogP contribution in [0.2, 0.25) is 0 Å². The number of aliphatic imine (C=N–C) groups is 1. The number of ether oxygens (including phenoxy) is 1. The molecule has 0 atom stereocenters. The molecule has 1 aliphatic carbocycles. The van der Waals surface area contributed by atoms with E-state index in [4.69, 9.17) is 9.73 Å². The lowest BCUT2D eigenvalue weighted by Crippen LogP contribution is -2.57. The third kappa shape index (κ3) is 7.54. The number of sulfonamides is 1. The Balaban J connectivity index is 1.32. The summed E-state index contributed by atoms with van der Waals surface area (Å²) in [4.78, 5) is 22.8. The summed E-state index contributed by atoms with van der Waals surface area (Å²) in [6.45, 7) is 4.47. The SMILES string of the molecule is CCOc1cccc(CN2CCC3(CC2)C(=NC2CCCCC2)NC(=O)N3c2cc(F)cc(-c3cccc(NS(=O)(=O)C(F)(F)F)c3)c2)c1. The molecular formula is C35H39F4N5O4S.